The van der Waals surface area contributed by atoms with Crippen molar-refractivity contribution >= 4 is 0 Å². The zero-order valence-electron chi connectivity index (χ0n) is 10.3. The molecule has 0 aromatic carbocycles. The summed E-state index contributed by atoms with van der Waals surface area (Å²) >= 11 is 0. The highest BCUT2D eigenvalue weighted by atomic mass is 15.1. The van der Waals surface area contributed by atoms with Crippen molar-refractivity contribution in [3.63, 3.8) is 0 Å². The van der Waals surface area contributed by atoms with E-state index in [0.29, 0.717) is 0 Å². The minimum atomic E-state index is 0.235. The first-order chi connectivity index (χ1) is 6.45. The monoisotopic (exact) mass is 195 g/mol. The molecule has 1 rings (SSSR count). The molecule has 0 radical (unpaired) electrons. The Kier molecular flexibility index (Phi) is 3.63. The van der Waals surface area contributed by atoms with Gasteiger partial charge in [0.25, 0.3) is 0 Å². The highest BCUT2D eigenvalue weighted by Gasteiger charge is 2.24. The zero-order chi connectivity index (χ0) is 10.8. The van der Waals surface area contributed by atoms with Crippen LogP contribution in [0.15, 0.2) is 12.3 Å². The summed E-state index contributed by atoms with van der Waals surface area (Å²) in [4.78, 5) is 2.48. The molecule has 0 aromatic heterocycles. The van der Waals surface area contributed by atoms with Crippen LogP contribution in [0.2, 0.25) is 0 Å². The van der Waals surface area contributed by atoms with Gasteiger partial charge in [-0.25, -0.2) is 0 Å². The van der Waals surface area contributed by atoms with Crippen LogP contribution in [-0.4, -0.2) is 18.0 Å². The summed E-state index contributed by atoms with van der Waals surface area (Å²) in [6.45, 7) is 15.7. The van der Waals surface area contributed by atoms with E-state index in [1.807, 2.05) is 0 Å². The van der Waals surface area contributed by atoms with Crippen LogP contribution in [-0.2, 0) is 0 Å². The topological polar surface area (TPSA) is 3.24 Å². The lowest BCUT2D eigenvalue weighted by atomic mass is 9.88. The second-order valence-electron chi connectivity index (χ2n) is 5.54. The third-order valence-corrected chi connectivity index (χ3v) is 3.44. The molecule has 0 spiro atoms. The van der Waals surface area contributed by atoms with Crippen LogP contribution >= 0.6 is 0 Å². The Balaban J connectivity index is 2.46. The van der Waals surface area contributed by atoms with E-state index in [9.17, 15) is 0 Å². The van der Waals surface area contributed by atoms with Gasteiger partial charge in [-0.15, -0.1) is 0 Å². The van der Waals surface area contributed by atoms with Gasteiger partial charge in [-0.2, -0.15) is 0 Å². The third kappa shape index (κ3) is 2.76. The minimum absolute atomic E-state index is 0.235. The molecule has 1 aliphatic rings. The van der Waals surface area contributed by atoms with E-state index < -0.39 is 0 Å². The molecule has 0 atom stereocenters. The van der Waals surface area contributed by atoms with Crippen LogP contribution in [0.3, 0.4) is 0 Å². The molecule has 0 N–H and O–H groups in total. The molecule has 0 bridgehead atoms. The summed E-state index contributed by atoms with van der Waals surface area (Å²) in [5, 5.41) is 0. The van der Waals surface area contributed by atoms with E-state index in [4.69, 9.17) is 0 Å². The standard InChI is InChI=1S/C13H25N/c1-6-12-7-9-14(10-8-12)11(2)13(3,4)5/h12H,2,6-10H2,1,3-5H3. The Labute approximate surface area is 89.2 Å². The van der Waals surface area contributed by atoms with Gasteiger partial charge in [-0.3, -0.25) is 0 Å². The number of hydrogen-bond acceptors (Lipinski definition) is 1. The first-order valence-corrected chi connectivity index (χ1v) is 5.89. The highest BCUT2D eigenvalue weighted by molar-refractivity contribution is 5.05. The van der Waals surface area contributed by atoms with Gasteiger partial charge in [-0.1, -0.05) is 40.7 Å². The minimum Gasteiger partial charge on any atom is -0.375 e. The Morgan fingerprint density at radius 1 is 1.29 bits per heavy atom. The predicted molar refractivity (Wildman–Crippen MR) is 63.2 cm³/mol. The van der Waals surface area contributed by atoms with Crippen molar-refractivity contribution in [1.29, 1.82) is 0 Å². The molecule has 1 fully saturated rings. The Hall–Kier alpha value is -0.460. The van der Waals surface area contributed by atoms with Gasteiger partial charge in [0.05, 0.1) is 0 Å². The van der Waals surface area contributed by atoms with Gasteiger partial charge >= 0.3 is 0 Å². The fraction of sp³-hybridized carbons (Fsp3) is 0.846. The molecule has 1 saturated heterocycles. The Bertz CT molecular complexity index is 192. The van der Waals surface area contributed by atoms with Crippen molar-refractivity contribution in [2.45, 2.75) is 47.0 Å². The lowest BCUT2D eigenvalue weighted by Crippen LogP contribution is -2.36. The molecule has 0 saturated carbocycles. The van der Waals surface area contributed by atoms with Crippen LogP contribution in [0.1, 0.15) is 47.0 Å². The van der Waals surface area contributed by atoms with E-state index >= 15 is 0 Å². The smallest absolute Gasteiger partial charge is 0.0177 e. The SMILES string of the molecule is C=C(N1CCC(CC)CC1)C(C)(C)C. The van der Waals surface area contributed by atoms with Gasteiger partial charge in [0.1, 0.15) is 0 Å². The fourth-order valence-corrected chi connectivity index (χ4v) is 2.09. The average molecular weight is 195 g/mol. The molecule has 0 aromatic rings. The zero-order valence-corrected chi connectivity index (χ0v) is 10.3. The Morgan fingerprint density at radius 2 is 1.79 bits per heavy atom. The van der Waals surface area contributed by atoms with Crippen LogP contribution in [0.25, 0.3) is 0 Å². The number of hydrogen-bond donors (Lipinski definition) is 0. The molecule has 1 heteroatoms. The third-order valence-electron chi connectivity index (χ3n) is 3.44. The van der Waals surface area contributed by atoms with Crippen molar-refractivity contribution in [2.24, 2.45) is 11.3 Å². The largest absolute Gasteiger partial charge is 0.375 e. The maximum Gasteiger partial charge on any atom is 0.0177 e. The number of nitrogens with zero attached hydrogens (tertiary/aromatic N) is 1. The molecule has 1 aliphatic heterocycles. The molecule has 1 nitrogen and oxygen atoms in total. The maximum absolute atomic E-state index is 4.23. The van der Waals surface area contributed by atoms with Crippen molar-refractivity contribution in [2.75, 3.05) is 13.1 Å². The van der Waals surface area contributed by atoms with Crippen LogP contribution in [0.4, 0.5) is 0 Å². The molecular formula is C13H25N. The van der Waals surface area contributed by atoms with E-state index in [2.05, 4.69) is 39.2 Å². The van der Waals surface area contributed by atoms with Crippen molar-refractivity contribution in [1.82, 2.24) is 4.90 Å². The normalized spacial score (nSPS) is 19.9. The second kappa shape index (κ2) is 4.37. The first-order valence-electron chi connectivity index (χ1n) is 5.89. The lowest BCUT2D eigenvalue weighted by molar-refractivity contribution is 0.189. The van der Waals surface area contributed by atoms with Crippen molar-refractivity contribution in [3.05, 3.63) is 12.3 Å². The predicted octanol–water partition coefficient (Wildman–Crippen LogP) is 3.67. The van der Waals surface area contributed by atoms with Gasteiger partial charge in [0.2, 0.25) is 0 Å². The van der Waals surface area contributed by atoms with Gasteiger partial charge in [0.15, 0.2) is 0 Å². The van der Waals surface area contributed by atoms with Gasteiger partial charge in [0, 0.05) is 24.2 Å². The van der Waals surface area contributed by atoms with Crippen LogP contribution in [0, 0.1) is 11.3 Å². The van der Waals surface area contributed by atoms with Gasteiger partial charge < -0.3 is 4.90 Å². The molecule has 0 unspecified atom stereocenters. The maximum atomic E-state index is 4.23. The number of rotatable bonds is 2. The summed E-state index contributed by atoms with van der Waals surface area (Å²) in [6, 6.07) is 0. The van der Waals surface area contributed by atoms with E-state index in [-0.39, 0.29) is 5.41 Å². The van der Waals surface area contributed by atoms with E-state index in [0.717, 1.165) is 5.92 Å². The molecule has 14 heavy (non-hydrogen) atoms. The van der Waals surface area contributed by atoms with Gasteiger partial charge in [-0.05, 0) is 18.8 Å². The number of allylic oxidation sites excluding steroid dienone is 1. The second-order valence-corrected chi connectivity index (χ2v) is 5.54. The Morgan fingerprint density at radius 3 is 2.14 bits per heavy atom. The van der Waals surface area contributed by atoms with Crippen LogP contribution in [0.5, 0.6) is 0 Å². The van der Waals surface area contributed by atoms with Crippen LogP contribution < -0.4 is 0 Å². The lowest BCUT2D eigenvalue weighted by Gasteiger charge is -2.39. The molecule has 0 aliphatic carbocycles. The molecule has 82 valence electrons. The summed E-state index contributed by atoms with van der Waals surface area (Å²) < 4.78 is 0. The first kappa shape index (κ1) is 11.6. The highest BCUT2D eigenvalue weighted by Crippen LogP contribution is 2.30. The summed E-state index contributed by atoms with van der Waals surface area (Å²) in [7, 11) is 0. The summed E-state index contributed by atoms with van der Waals surface area (Å²) in [5.74, 6) is 0.957. The summed E-state index contributed by atoms with van der Waals surface area (Å²) in [5.41, 5.74) is 1.55. The summed E-state index contributed by atoms with van der Waals surface area (Å²) in [6.07, 6.45) is 4.05. The van der Waals surface area contributed by atoms with Crippen molar-refractivity contribution in [3.8, 4) is 0 Å². The van der Waals surface area contributed by atoms with Crippen molar-refractivity contribution < 1.29 is 0 Å². The molecule has 1 heterocycles. The molecular weight excluding hydrogens is 170 g/mol. The van der Waals surface area contributed by atoms with E-state index in [1.54, 1.807) is 0 Å². The molecule has 0 amide bonds. The number of piperidine rings is 1. The number of likely N-dealkylation sites (tertiary alicyclic amines) is 1. The fourth-order valence-electron chi connectivity index (χ4n) is 2.09. The average Bonchev–Trinajstić information content (AvgIpc) is 2.15. The van der Waals surface area contributed by atoms with E-state index in [1.165, 1.54) is 38.0 Å². The quantitative estimate of drug-likeness (QED) is 0.650.